The summed E-state index contributed by atoms with van der Waals surface area (Å²) >= 11 is 4.58. The highest BCUT2D eigenvalue weighted by Gasteiger charge is 2.30. The molecule has 3 heteroatoms. The summed E-state index contributed by atoms with van der Waals surface area (Å²) in [7, 11) is 0. The number of hydrogen-bond acceptors (Lipinski definition) is 3. The van der Waals surface area contributed by atoms with E-state index in [4.69, 9.17) is 10.00 Å². The van der Waals surface area contributed by atoms with Gasteiger partial charge in [0.25, 0.3) is 0 Å². The smallest absolute Gasteiger partial charge is 0.123 e. The first-order chi connectivity index (χ1) is 9.69. The number of ether oxygens (including phenoxy) is 1. The molecule has 0 atom stereocenters. The Morgan fingerprint density at radius 1 is 1.25 bits per heavy atom. The van der Waals surface area contributed by atoms with E-state index in [9.17, 15) is 0 Å². The zero-order valence-corrected chi connectivity index (χ0v) is 13.1. The van der Waals surface area contributed by atoms with Crippen LogP contribution in [0.3, 0.4) is 0 Å². The number of nitriles is 1. The van der Waals surface area contributed by atoms with Gasteiger partial charge in [-0.1, -0.05) is 31.7 Å². The van der Waals surface area contributed by atoms with Gasteiger partial charge in [0, 0.05) is 5.41 Å². The van der Waals surface area contributed by atoms with E-state index in [1.807, 2.05) is 25.1 Å². The average Bonchev–Trinajstić information content (AvgIpc) is 2.72. The Balaban J connectivity index is 2.08. The van der Waals surface area contributed by atoms with Gasteiger partial charge in [0.05, 0.1) is 18.2 Å². The van der Waals surface area contributed by atoms with Gasteiger partial charge in [-0.05, 0) is 43.2 Å². The number of benzene rings is 1. The Morgan fingerprint density at radius 3 is 2.55 bits per heavy atom. The van der Waals surface area contributed by atoms with E-state index in [0.29, 0.717) is 12.2 Å². The van der Waals surface area contributed by atoms with E-state index in [1.165, 1.54) is 38.5 Å². The molecule has 0 bridgehead atoms. The maximum atomic E-state index is 8.99. The molecule has 0 aliphatic heterocycles. The molecule has 0 N–H and O–H groups in total. The SMILES string of the molecule is Cc1ccc(C#N)cc1OCC1(CS)CCCCCC1. The van der Waals surface area contributed by atoms with Gasteiger partial charge in [-0.15, -0.1) is 0 Å². The van der Waals surface area contributed by atoms with Crippen molar-refractivity contribution in [3.05, 3.63) is 29.3 Å². The lowest BCUT2D eigenvalue weighted by atomic mass is 9.83. The molecule has 1 aromatic carbocycles. The molecular weight excluding hydrogens is 266 g/mol. The molecule has 1 saturated carbocycles. The van der Waals surface area contributed by atoms with Crippen LogP contribution in [0, 0.1) is 23.7 Å². The van der Waals surface area contributed by atoms with Crippen LogP contribution in [-0.4, -0.2) is 12.4 Å². The fourth-order valence-corrected chi connectivity index (χ4v) is 3.29. The van der Waals surface area contributed by atoms with Gasteiger partial charge in [-0.3, -0.25) is 0 Å². The normalized spacial score (nSPS) is 18.1. The lowest BCUT2D eigenvalue weighted by Gasteiger charge is -2.31. The third-order valence-electron chi connectivity index (χ3n) is 4.35. The third kappa shape index (κ3) is 3.70. The van der Waals surface area contributed by atoms with E-state index < -0.39 is 0 Å². The zero-order valence-electron chi connectivity index (χ0n) is 12.2. The van der Waals surface area contributed by atoms with Crippen LogP contribution in [-0.2, 0) is 0 Å². The fourth-order valence-electron chi connectivity index (χ4n) is 2.88. The highest BCUT2D eigenvalue weighted by atomic mass is 32.1. The molecule has 0 aromatic heterocycles. The highest BCUT2D eigenvalue weighted by Crippen LogP contribution is 2.37. The minimum atomic E-state index is 0.203. The highest BCUT2D eigenvalue weighted by molar-refractivity contribution is 7.80. The molecule has 108 valence electrons. The van der Waals surface area contributed by atoms with E-state index in [2.05, 4.69) is 18.7 Å². The second kappa shape index (κ2) is 7.04. The third-order valence-corrected chi connectivity index (χ3v) is 5.02. The molecule has 0 spiro atoms. The summed E-state index contributed by atoms with van der Waals surface area (Å²) in [6.45, 7) is 2.74. The van der Waals surface area contributed by atoms with Crippen LogP contribution in [0.1, 0.15) is 49.7 Å². The molecule has 0 amide bonds. The Kier molecular flexibility index (Phi) is 5.37. The van der Waals surface area contributed by atoms with Crippen molar-refractivity contribution in [3.8, 4) is 11.8 Å². The molecule has 2 rings (SSSR count). The molecule has 0 saturated heterocycles. The lowest BCUT2D eigenvalue weighted by Crippen LogP contribution is -2.30. The number of thiol groups is 1. The number of aryl methyl sites for hydroxylation is 1. The first kappa shape index (κ1) is 15.3. The molecule has 0 radical (unpaired) electrons. The molecule has 2 nitrogen and oxygen atoms in total. The Morgan fingerprint density at radius 2 is 1.95 bits per heavy atom. The van der Waals surface area contributed by atoms with E-state index in [0.717, 1.165) is 17.1 Å². The number of hydrogen-bond donors (Lipinski definition) is 1. The Hall–Kier alpha value is -1.14. The van der Waals surface area contributed by atoms with E-state index in [1.54, 1.807) is 0 Å². The summed E-state index contributed by atoms with van der Waals surface area (Å²) in [6.07, 6.45) is 7.63. The van der Waals surface area contributed by atoms with Crippen molar-refractivity contribution >= 4 is 12.6 Å². The maximum Gasteiger partial charge on any atom is 0.123 e. The first-order valence-corrected chi connectivity index (χ1v) is 8.07. The molecular formula is C17H23NOS. The molecule has 20 heavy (non-hydrogen) atoms. The van der Waals surface area contributed by atoms with Gasteiger partial charge in [0.15, 0.2) is 0 Å². The van der Waals surface area contributed by atoms with Crippen molar-refractivity contribution in [2.75, 3.05) is 12.4 Å². The maximum absolute atomic E-state index is 8.99. The van der Waals surface area contributed by atoms with Gasteiger partial charge in [0.2, 0.25) is 0 Å². The first-order valence-electron chi connectivity index (χ1n) is 7.43. The Labute approximate surface area is 127 Å². The van der Waals surface area contributed by atoms with Gasteiger partial charge >= 0.3 is 0 Å². The van der Waals surface area contributed by atoms with Crippen LogP contribution < -0.4 is 4.74 Å². The summed E-state index contributed by atoms with van der Waals surface area (Å²) < 4.78 is 6.07. The van der Waals surface area contributed by atoms with Gasteiger partial charge in [-0.2, -0.15) is 17.9 Å². The summed E-state index contributed by atoms with van der Waals surface area (Å²) in [5, 5.41) is 8.99. The molecule has 1 fully saturated rings. The number of rotatable bonds is 4. The van der Waals surface area contributed by atoms with Crippen molar-refractivity contribution in [1.29, 1.82) is 5.26 Å². The van der Waals surface area contributed by atoms with Gasteiger partial charge < -0.3 is 4.74 Å². The summed E-state index contributed by atoms with van der Waals surface area (Å²) in [4.78, 5) is 0. The second-order valence-corrected chi connectivity index (χ2v) is 6.27. The predicted molar refractivity (Wildman–Crippen MR) is 85.4 cm³/mol. The van der Waals surface area contributed by atoms with Crippen LogP contribution in [0.4, 0.5) is 0 Å². The van der Waals surface area contributed by atoms with Crippen LogP contribution in [0.25, 0.3) is 0 Å². The summed E-state index contributed by atoms with van der Waals surface area (Å²) in [6, 6.07) is 7.80. The Bertz CT molecular complexity index is 484. The zero-order chi connectivity index (χ0) is 14.4. The van der Waals surface area contributed by atoms with E-state index >= 15 is 0 Å². The van der Waals surface area contributed by atoms with Crippen molar-refractivity contribution < 1.29 is 4.74 Å². The number of nitrogens with zero attached hydrogens (tertiary/aromatic N) is 1. The predicted octanol–water partition coefficient (Wildman–Crippen LogP) is 4.52. The van der Waals surface area contributed by atoms with Crippen LogP contribution in [0.15, 0.2) is 18.2 Å². The van der Waals surface area contributed by atoms with Crippen molar-refractivity contribution in [3.63, 3.8) is 0 Å². The van der Waals surface area contributed by atoms with Gasteiger partial charge in [0.1, 0.15) is 5.75 Å². The minimum absolute atomic E-state index is 0.203. The van der Waals surface area contributed by atoms with Crippen molar-refractivity contribution in [1.82, 2.24) is 0 Å². The standard InChI is InChI=1S/C17H23NOS/c1-14-6-7-15(11-18)10-16(14)19-12-17(13-20)8-4-2-3-5-9-17/h6-7,10,20H,2-5,8-9,12-13H2,1H3. The second-order valence-electron chi connectivity index (χ2n) is 5.95. The topological polar surface area (TPSA) is 33.0 Å². The molecule has 1 aliphatic carbocycles. The molecule has 0 heterocycles. The van der Waals surface area contributed by atoms with E-state index in [-0.39, 0.29) is 5.41 Å². The van der Waals surface area contributed by atoms with Crippen LogP contribution in [0.5, 0.6) is 5.75 Å². The van der Waals surface area contributed by atoms with Gasteiger partial charge in [-0.25, -0.2) is 0 Å². The summed E-state index contributed by atoms with van der Waals surface area (Å²) in [5.74, 6) is 1.72. The van der Waals surface area contributed by atoms with Crippen molar-refractivity contribution in [2.45, 2.75) is 45.4 Å². The molecule has 0 unspecified atom stereocenters. The average molecular weight is 289 g/mol. The molecule has 1 aromatic rings. The largest absolute Gasteiger partial charge is 0.493 e. The van der Waals surface area contributed by atoms with Crippen molar-refractivity contribution in [2.24, 2.45) is 5.41 Å². The summed E-state index contributed by atoms with van der Waals surface area (Å²) in [5.41, 5.74) is 1.95. The van der Waals surface area contributed by atoms with Crippen LogP contribution >= 0.6 is 12.6 Å². The lowest BCUT2D eigenvalue weighted by molar-refractivity contribution is 0.147. The monoisotopic (exact) mass is 289 g/mol. The fraction of sp³-hybridized carbons (Fsp3) is 0.588. The van der Waals surface area contributed by atoms with Crippen LogP contribution in [0.2, 0.25) is 0 Å². The minimum Gasteiger partial charge on any atom is -0.493 e. The molecule has 1 aliphatic rings. The quantitative estimate of drug-likeness (QED) is 0.653.